The molecule has 0 aromatic heterocycles. The Labute approximate surface area is 62.4 Å². The van der Waals surface area contributed by atoms with Crippen molar-refractivity contribution in [1.29, 1.82) is 0 Å². The van der Waals surface area contributed by atoms with Crippen molar-refractivity contribution in [2.24, 2.45) is 11.1 Å². The molecule has 60 valence electrons. The fraction of sp³-hybridized carbons (Fsp3) is 1.00. The summed E-state index contributed by atoms with van der Waals surface area (Å²) in [5, 5.41) is 9.67. The van der Waals surface area contributed by atoms with Crippen LogP contribution in [-0.4, -0.2) is 17.3 Å². The average molecular weight is 143 g/mol. The summed E-state index contributed by atoms with van der Waals surface area (Å²) in [4.78, 5) is 0. The second-order valence-corrected chi connectivity index (χ2v) is 4.28. The van der Waals surface area contributed by atoms with E-state index in [0.29, 0.717) is 12.0 Å². The third kappa shape index (κ3) is 1.50. The summed E-state index contributed by atoms with van der Waals surface area (Å²) in [6.07, 6.45) is 2.59. The maximum Gasteiger partial charge on any atom is 0.0670 e. The highest BCUT2D eigenvalue weighted by molar-refractivity contribution is 4.99. The highest BCUT2D eigenvalue weighted by atomic mass is 16.3. The van der Waals surface area contributed by atoms with Gasteiger partial charge in [0.05, 0.1) is 5.60 Å². The third-order valence-electron chi connectivity index (χ3n) is 2.22. The fourth-order valence-electron chi connectivity index (χ4n) is 2.18. The van der Waals surface area contributed by atoms with Crippen LogP contribution in [0, 0.1) is 5.41 Å². The van der Waals surface area contributed by atoms with Crippen LogP contribution in [0.1, 0.15) is 33.1 Å². The Kier molecular flexibility index (Phi) is 1.77. The molecule has 0 radical (unpaired) electrons. The zero-order valence-corrected chi connectivity index (χ0v) is 6.85. The molecule has 10 heavy (non-hydrogen) atoms. The molecule has 1 aliphatic rings. The lowest BCUT2D eigenvalue weighted by Crippen LogP contribution is -2.49. The van der Waals surface area contributed by atoms with E-state index < -0.39 is 5.60 Å². The number of aliphatic hydroxyl groups is 1. The van der Waals surface area contributed by atoms with Gasteiger partial charge in [-0.1, -0.05) is 13.8 Å². The van der Waals surface area contributed by atoms with E-state index in [1.165, 1.54) is 0 Å². The lowest BCUT2D eigenvalue weighted by atomic mass is 9.60. The van der Waals surface area contributed by atoms with Gasteiger partial charge in [-0.15, -0.1) is 0 Å². The Hall–Kier alpha value is -0.0800. The Morgan fingerprint density at radius 1 is 1.40 bits per heavy atom. The van der Waals surface area contributed by atoms with Gasteiger partial charge in [0.1, 0.15) is 0 Å². The van der Waals surface area contributed by atoms with E-state index in [2.05, 4.69) is 13.8 Å². The number of hydrogen-bond acceptors (Lipinski definition) is 2. The quantitative estimate of drug-likeness (QED) is 0.603. The first kappa shape index (κ1) is 8.02. The Morgan fingerprint density at radius 3 is 2.20 bits per heavy atom. The monoisotopic (exact) mass is 143 g/mol. The summed E-state index contributed by atoms with van der Waals surface area (Å²) in [5.74, 6) is 0. The molecule has 0 aromatic carbocycles. The van der Waals surface area contributed by atoms with Crippen LogP contribution in [0.3, 0.4) is 0 Å². The molecular formula is C8H17NO. The zero-order chi connectivity index (χ0) is 7.83. The van der Waals surface area contributed by atoms with Crippen LogP contribution in [0.15, 0.2) is 0 Å². The van der Waals surface area contributed by atoms with Crippen molar-refractivity contribution in [3.05, 3.63) is 0 Å². The molecule has 0 amide bonds. The van der Waals surface area contributed by atoms with Gasteiger partial charge in [0.25, 0.3) is 0 Å². The van der Waals surface area contributed by atoms with Crippen molar-refractivity contribution in [3.63, 3.8) is 0 Å². The van der Waals surface area contributed by atoms with Gasteiger partial charge in [0, 0.05) is 0 Å². The van der Waals surface area contributed by atoms with Crippen LogP contribution in [0.4, 0.5) is 0 Å². The van der Waals surface area contributed by atoms with E-state index in [1.54, 1.807) is 0 Å². The van der Waals surface area contributed by atoms with Gasteiger partial charge >= 0.3 is 0 Å². The molecule has 0 aromatic rings. The maximum atomic E-state index is 9.67. The SMILES string of the molecule is CC1(C)CC(O)(CCN)C1. The second-order valence-electron chi connectivity index (χ2n) is 4.28. The molecule has 2 nitrogen and oxygen atoms in total. The summed E-state index contributed by atoms with van der Waals surface area (Å²) in [6, 6.07) is 0. The van der Waals surface area contributed by atoms with Crippen molar-refractivity contribution in [3.8, 4) is 0 Å². The predicted molar refractivity (Wildman–Crippen MR) is 41.6 cm³/mol. The number of nitrogens with two attached hydrogens (primary N) is 1. The normalized spacial score (nSPS) is 27.6. The average Bonchev–Trinajstić information content (AvgIpc) is 1.58. The molecule has 0 saturated heterocycles. The molecule has 2 heteroatoms. The van der Waals surface area contributed by atoms with Crippen molar-refractivity contribution < 1.29 is 5.11 Å². The highest BCUT2D eigenvalue weighted by Gasteiger charge is 2.46. The van der Waals surface area contributed by atoms with Gasteiger partial charge in [-0.3, -0.25) is 0 Å². The lowest BCUT2D eigenvalue weighted by Gasteiger charge is -2.49. The van der Waals surface area contributed by atoms with Crippen LogP contribution >= 0.6 is 0 Å². The van der Waals surface area contributed by atoms with Gasteiger partial charge in [-0.05, 0) is 31.2 Å². The van der Waals surface area contributed by atoms with Crippen LogP contribution < -0.4 is 5.73 Å². The minimum Gasteiger partial charge on any atom is -0.390 e. The smallest absolute Gasteiger partial charge is 0.0670 e. The molecule has 0 bridgehead atoms. The zero-order valence-electron chi connectivity index (χ0n) is 6.85. The van der Waals surface area contributed by atoms with Crippen molar-refractivity contribution in [2.45, 2.75) is 38.7 Å². The van der Waals surface area contributed by atoms with E-state index in [-0.39, 0.29) is 0 Å². The first-order valence-electron chi connectivity index (χ1n) is 3.90. The third-order valence-corrected chi connectivity index (χ3v) is 2.22. The largest absolute Gasteiger partial charge is 0.390 e. The lowest BCUT2D eigenvalue weighted by molar-refractivity contribution is -0.115. The molecule has 0 unspecified atom stereocenters. The maximum absolute atomic E-state index is 9.67. The van der Waals surface area contributed by atoms with Crippen LogP contribution in [-0.2, 0) is 0 Å². The van der Waals surface area contributed by atoms with E-state index in [0.717, 1.165) is 19.3 Å². The first-order valence-corrected chi connectivity index (χ1v) is 3.90. The Bertz CT molecular complexity index is 123. The number of hydrogen-bond donors (Lipinski definition) is 2. The van der Waals surface area contributed by atoms with Gasteiger partial charge in [-0.25, -0.2) is 0 Å². The molecule has 1 fully saturated rings. The first-order chi connectivity index (χ1) is 4.47. The molecule has 3 N–H and O–H groups in total. The van der Waals surface area contributed by atoms with Crippen molar-refractivity contribution in [1.82, 2.24) is 0 Å². The highest BCUT2D eigenvalue weighted by Crippen LogP contribution is 2.49. The molecule has 1 saturated carbocycles. The minimum atomic E-state index is -0.418. The molecule has 0 atom stereocenters. The number of rotatable bonds is 2. The van der Waals surface area contributed by atoms with Crippen LogP contribution in [0.25, 0.3) is 0 Å². The molecular weight excluding hydrogens is 126 g/mol. The predicted octanol–water partition coefficient (Wildman–Crippen LogP) is 0.886. The van der Waals surface area contributed by atoms with Crippen LogP contribution in [0.5, 0.6) is 0 Å². The summed E-state index contributed by atoms with van der Waals surface area (Å²) in [5.41, 5.74) is 5.29. The summed E-state index contributed by atoms with van der Waals surface area (Å²) >= 11 is 0. The summed E-state index contributed by atoms with van der Waals surface area (Å²) in [7, 11) is 0. The minimum absolute atomic E-state index is 0.351. The summed E-state index contributed by atoms with van der Waals surface area (Å²) < 4.78 is 0. The van der Waals surface area contributed by atoms with Gasteiger partial charge in [-0.2, -0.15) is 0 Å². The fourth-order valence-corrected chi connectivity index (χ4v) is 2.18. The Balaban J connectivity index is 2.34. The standard InChI is InChI=1S/C8H17NO/c1-7(2)5-8(10,6-7)3-4-9/h10H,3-6,9H2,1-2H3. The molecule has 0 aliphatic heterocycles. The van der Waals surface area contributed by atoms with E-state index in [1.807, 2.05) is 0 Å². The van der Waals surface area contributed by atoms with E-state index in [9.17, 15) is 5.11 Å². The molecule has 0 spiro atoms. The van der Waals surface area contributed by atoms with Crippen molar-refractivity contribution >= 4 is 0 Å². The summed E-state index contributed by atoms with van der Waals surface area (Å²) in [6.45, 7) is 4.96. The Morgan fingerprint density at radius 2 is 1.90 bits per heavy atom. The van der Waals surface area contributed by atoms with Gasteiger partial charge in [0.2, 0.25) is 0 Å². The topological polar surface area (TPSA) is 46.2 Å². The van der Waals surface area contributed by atoms with Crippen molar-refractivity contribution in [2.75, 3.05) is 6.54 Å². The van der Waals surface area contributed by atoms with Gasteiger partial charge in [0.15, 0.2) is 0 Å². The molecule has 1 rings (SSSR count). The van der Waals surface area contributed by atoms with E-state index >= 15 is 0 Å². The van der Waals surface area contributed by atoms with Gasteiger partial charge < -0.3 is 10.8 Å². The molecule has 1 aliphatic carbocycles. The van der Waals surface area contributed by atoms with E-state index in [4.69, 9.17) is 5.73 Å². The van der Waals surface area contributed by atoms with Crippen LogP contribution in [0.2, 0.25) is 0 Å². The second kappa shape index (κ2) is 2.21. The molecule has 0 heterocycles.